The van der Waals surface area contributed by atoms with Gasteiger partial charge in [-0.1, -0.05) is 24.3 Å². The van der Waals surface area contributed by atoms with Crippen LogP contribution in [0.2, 0.25) is 0 Å². The van der Waals surface area contributed by atoms with Gasteiger partial charge in [0.2, 0.25) is 0 Å². The van der Waals surface area contributed by atoms with Gasteiger partial charge >= 0.3 is 0 Å². The molecule has 0 saturated carbocycles. The minimum absolute atomic E-state index is 0.588. The van der Waals surface area contributed by atoms with Crippen molar-refractivity contribution in [1.29, 1.82) is 0 Å². The fraction of sp³-hybridized carbons (Fsp3) is 0.294. The summed E-state index contributed by atoms with van der Waals surface area (Å²) in [5.41, 5.74) is 5.06. The number of imidazole rings is 1. The average Bonchev–Trinajstić information content (AvgIpc) is 2.98. The number of ether oxygens (including phenoxy) is 2. The second-order valence-electron chi connectivity index (χ2n) is 5.15. The van der Waals surface area contributed by atoms with Crippen molar-refractivity contribution in [2.45, 2.75) is 13.5 Å². The van der Waals surface area contributed by atoms with E-state index in [0.29, 0.717) is 19.8 Å². The van der Waals surface area contributed by atoms with E-state index < -0.39 is 0 Å². The second kappa shape index (κ2) is 6.68. The summed E-state index contributed by atoms with van der Waals surface area (Å²) in [6.45, 7) is 3.85. The lowest BCUT2D eigenvalue weighted by molar-refractivity contribution is 0.0617. The van der Waals surface area contributed by atoms with Crippen molar-refractivity contribution < 1.29 is 9.47 Å². The number of nitrogens with one attached hydrogen (secondary N) is 1. The molecule has 5 nitrogen and oxygen atoms in total. The van der Waals surface area contributed by atoms with Gasteiger partial charge < -0.3 is 14.5 Å². The molecule has 0 atom stereocenters. The fourth-order valence-electron chi connectivity index (χ4n) is 2.26. The number of nitrogens with zero attached hydrogens (tertiary/aromatic N) is 2. The van der Waals surface area contributed by atoms with Gasteiger partial charge in [0, 0.05) is 18.9 Å². The van der Waals surface area contributed by atoms with Crippen LogP contribution in [0.4, 0.5) is 0 Å². The van der Waals surface area contributed by atoms with Crippen LogP contribution in [0, 0.1) is 6.92 Å². The summed E-state index contributed by atoms with van der Waals surface area (Å²) in [5.74, 6) is 0.837. The van der Waals surface area contributed by atoms with Gasteiger partial charge in [-0.3, -0.25) is 0 Å². The van der Waals surface area contributed by atoms with E-state index in [4.69, 9.17) is 9.47 Å². The maximum Gasteiger partial charge on any atom is 0.178 e. The van der Waals surface area contributed by atoms with Crippen LogP contribution in [0.25, 0.3) is 22.6 Å². The van der Waals surface area contributed by atoms with Crippen molar-refractivity contribution >= 4 is 11.2 Å². The first kappa shape index (κ1) is 14.7. The van der Waals surface area contributed by atoms with Crippen molar-refractivity contribution in [3.63, 3.8) is 0 Å². The molecule has 114 valence electrons. The third-order valence-corrected chi connectivity index (χ3v) is 3.53. The fourth-order valence-corrected chi connectivity index (χ4v) is 2.26. The van der Waals surface area contributed by atoms with Gasteiger partial charge in [-0.2, -0.15) is 0 Å². The van der Waals surface area contributed by atoms with Gasteiger partial charge in [0.25, 0.3) is 0 Å². The van der Waals surface area contributed by atoms with Crippen LogP contribution in [0.1, 0.15) is 11.1 Å². The highest BCUT2D eigenvalue weighted by Crippen LogP contribution is 2.21. The molecule has 0 unspecified atom stereocenters. The number of benzene rings is 1. The third kappa shape index (κ3) is 3.16. The Balaban J connectivity index is 1.75. The molecule has 0 spiro atoms. The Kier molecular flexibility index (Phi) is 4.46. The van der Waals surface area contributed by atoms with Gasteiger partial charge in [0.05, 0.1) is 25.3 Å². The molecule has 0 aliphatic rings. The summed E-state index contributed by atoms with van der Waals surface area (Å²) in [6, 6.07) is 10.2. The van der Waals surface area contributed by atoms with E-state index in [1.54, 1.807) is 13.3 Å². The summed E-state index contributed by atoms with van der Waals surface area (Å²) in [6.07, 6.45) is 1.78. The zero-order chi connectivity index (χ0) is 15.4. The number of fused-ring (bicyclic) bond motifs is 1. The highest BCUT2D eigenvalue weighted by Gasteiger charge is 2.07. The van der Waals surface area contributed by atoms with E-state index in [1.165, 1.54) is 0 Å². The molecule has 1 N–H and O–H groups in total. The monoisotopic (exact) mass is 297 g/mol. The first-order valence-corrected chi connectivity index (χ1v) is 7.25. The number of aryl methyl sites for hydroxylation is 1. The van der Waals surface area contributed by atoms with Crippen LogP contribution in [0.5, 0.6) is 0 Å². The number of hydrogen-bond acceptors (Lipinski definition) is 4. The summed E-state index contributed by atoms with van der Waals surface area (Å²) < 4.78 is 10.5. The van der Waals surface area contributed by atoms with Crippen molar-refractivity contribution in [2.75, 3.05) is 20.3 Å². The Morgan fingerprint density at radius 2 is 1.91 bits per heavy atom. The average molecular weight is 297 g/mol. The number of H-pyrrole nitrogens is 1. The van der Waals surface area contributed by atoms with Gasteiger partial charge in [0.15, 0.2) is 5.65 Å². The summed E-state index contributed by atoms with van der Waals surface area (Å²) in [7, 11) is 1.67. The molecule has 0 fully saturated rings. The molecular weight excluding hydrogens is 278 g/mol. The molecule has 2 aromatic heterocycles. The van der Waals surface area contributed by atoms with E-state index >= 15 is 0 Å². The number of rotatable bonds is 6. The molecular formula is C17H19N3O2. The maximum absolute atomic E-state index is 5.51. The van der Waals surface area contributed by atoms with E-state index in [2.05, 4.69) is 27.1 Å². The van der Waals surface area contributed by atoms with E-state index in [0.717, 1.165) is 33.7 Å². The van der Waals surface area contributed by atoms with Crippen LogP contribution in [-0.4, -0.2) is 35.3 Å². The van der Waals surface area contributed by atoms with Crippen molar-refractivity contribution in [3.8, 4) is 11.4 Å². The lowest BCUT2D eigenvalue weighted by Crippen LogP contribution is -2.01. The minimum atomic E-state index is 0.588. The van der Waals surface area contributed by atoms with Crippen molar-refractivity contribution in [3.05, 3.63) is 47.7 Å². The van der Waals surface area contributed by atoms with Gasteiger partial charge in [0.1, 0.15) is 5.82 Å². The largest absolute Gasteiger partial charge is 0.382 e. The molecule has 3 rings (SSSR count). The van der Waals surface area contributed by atoms with E-state index in [9.17, 15) is 0 Å². The van der Waals surface area contributed by atoms with Crippen LogP contribution in [0.3, 0.4) is 0 Å². The predicted molar refractivity (Wildman–Crippen MR) is 85.6 cm³/mol. The first-order chi connectivity index (χ1) is 10.8. The van der Waals surface area contributed by atoms with Gasteiger partial charge in [-0.05, 0) is 24.1 Å². The highest BCUT2D eigenvalue weighted by molar-refractivity contribution is 5.78. The number of pyridine rings is 1. The van der Waals surface area contributed by atoms with Crippen molar-refractivity contribution in [2.24, 2.45) is 0 Å². The summed E-state index contributed by atoms with van der Waals surface area (Å²) in [5, 5.41) is 0. The SMILES string of the molecule is COCCOCc1ccc(-c2nc3nccc(C)c3[nH]2)cc1. The molecule has 5 heteroatoms. The lowest BCUT2D eigenvalue weighted by atomic mass is 10.1. The van der Waals surface area contributed by atoms with Gasteiger partial charge in [-0.25, -0.2) is 9.97 Å². The number of hydrogen-bond donors (Lipinski definition) is 1. The lowest BCUT2D eigenvalue weighted by Gasteiger charge is -2.04. The second-order valence-corrected chi connectivity index (χ2v) is 5.15. The molecule has 1 aromatic carbocycles. The molecule has 2 heterocycles. The normalized spacial score (nSPS) is 11.2. The Hall–Kier alpha value is -2.24. The predicted octanol–water partition coefficient (Wildman–Crippen LogP) is 3.10. The summed E-state index contributed by atoms with van der Waals surface area (Å²) >= 11 is 0. The highest BCUT2D eigenvalue weighted by atomic mass is 16.5. The smallest absolute Gasteiger partial charge is 0.178 e. The van der Waals surface area contributed by atoms with Crippen LogP contribution in [0.15, 0.2) is 36.5 Å². The molecule has 0 aliphatic heterocycles. The molecule has 0 radical (unpaired) electrons. The summed E-state index contributed by atoms with van der Waals surface area (Å²) in [4.78, 5) is 12.2. The Labute approximate surface area is 129 Å². The Bertz CT molecular complexity index is 750. The molecule has 0 saturated heterocycles. The minimum Gasteiger partial charge on any atom is -0.382 e. The Morgan fingerprint density at radius 1 is 1.09 bits per heavy atom. The van der Waals surface area contributed by atoms with E-state index in [1.807, 2.05) is 25.1 Å². The van der Waals surface area contributed by atoms with E-state index in [-0.39, 0.29) is 0 Å². The zero-order valence-corrected chi connectivity index (χ0v) is 12.8. The number of aromatic nitrogens is 3. The number of methoxy groups -OCH3 is 1. The van der Waals surface area contributed by atoms with Crippen LogP contribution < -0.4 is 0 Å². The molecule has 0 bridgehead atoms. The molecule has 3 aromatic rings. The quantitative estimate of drug-likeness (QED) is 0.710. The molecule has 22 heavy (non-hydrogen) atoms. The third-order valence-electron chi connectivity index (χ3n) is 3.53. The van der Waals surface area contributed by atoms with Crippen LogP contribution >= 0.6 is 0 Å². The molecule has 0 amide bonds. The Morgan fingerprint density at radius 3 is 2.64 bits per heavy atom. The first-order valence-electron chi connectivity index (χ1n) is 7.25. The topological polar surface area (TPSA) is 60.0 Å². The maximum atomic E-state index is 5.51. The standard InChI is InChI=1S/C17H19N3O2/c1-12-7-8-18-17-15(12)19-16(20-17)14-5-3-13(4-6-14)11-22-10-9-21-2/h3-8H,9-11H2,1-2H3,(H,18,19,20). The van der Waals surface area contributed by atoms with Crippen molar-refractivity contribution in [1.82, 2.24) is 15.0 Å². The molecule has 0 aliphatic carbocycles. The zero-order valence-electron chi connectivity index (χ0n) is 12.8. The van der Waals surface area contributed by atoms with Gasteiger partial charge in [-0.15, -0.1) is 0 Å². The van der Waals surface area contributed by atoms with Crippen LogP contribution in [-0.2, 0) is 16.1 Å². The number of aromatic amines is 1.